The first-order chi connectivity index (χ1) is 11.9. The maximum absolute atomic E-state index is 12.8. The molecule has 1 aliphatic rings. The van der Waals surface area contributed by atoms with E-state index in [0.29, 0.717) is 26.2 Å². The number of nitro benzene ring substituents is 1. The van der Waals surface area contributed by atoms with Crippen LogP contribution < -0.4 is 4.90 Å². The van der Waals surface area contributed by atoms with Crippen molar-refractivity contribution in [2.75, 3.05) is 31.1 Å². The summed E-state index contributed by atoms with van der Waals surface area (Å²) < 4.78 is 26.9. The summed E-state index contributed by atoms with van der Waals surface area (Å²) in [4.78, 5) is 12.3. The first-order valence-corrected chi connectivity index (χ1v) is 9.45. The van der Waals surface area contributed by atoms with Crippen molar-refractivity contribution in [1.82, 2.24) is 4.31 Å². The van der Waals surface area contributed by atoms with Crippen LogP contribution >= 0.6 is 11.6 Å². The molecule has 0 atom stereocenters. The summed E-state index contributed by atoms with van der Waals surface area (Å²) >= 11 is 5.76. The van der Waals surface area contributed by atoms with Gasteiger partial charge in [0.15, 0.2) is 0 Å². The lowest BCUT2D eigenvalue weighted by atomic mass is 10.2. The van der Waals surface area contributed by atoms with E-state index < -0.39 is 20.6 Å². The molecular formula is C16H16ClN3O4S. The van der Waals surface area contributed by atoms with Crippen LogP contribution in [0.25, 0.3) is 0 Å². The van der Waals surface area contributed by atoms with Crippen LogP contribution in [0.2, 0.25) is 5.02 Å². The average Bonchev–Trinajstić information content (AvgIpc) is 2.62. The number of rotatable bonds is 4. The molecule has 0 unspecified atom stereocenters. The molecule has 7 nitrogen and oxygen atoms in total. The Morgan fingerprint density at radius 2 is 1.64 bits per heavy atom. The topological polar surface area (TPSA) is 83.8 Å². The van der Waals surface area contributed by atoms with E-state index in [1.807, 2.05) is 30.3 Å². The van der Waals surface area contributed by atoms with E-state index in [1.54, 1.807) is 0 Å². The number of nitrogens with zero attached hydrogens (tertiary/aromatic N) is 3. The van der Waals surface area contributed by atoms with Crippen molar-refractivity contribution in [1.29, 1.82) is 0 Å². The van der Waals surface area contributed by atoms with Gasteiger partial charge in [-0.1, -0.05) is 29.8 Å². The minimum absolute atomic E-state index is 0.0853. The summed E-state index contributed by atoms with van der Waals surface area (Å²) in [7, 11) is -3.80. The van der Waals surface area contributed by atoms with Crippen molar-refractivity contribution in [2.45, 2.75) is 4.90 Å². The van der Waals surface area contributed by atoms with Gasteiger partial charge in [-0.05, 0) is 24.3 Å². The number of para-hydroxylation sites is 1. The second-order valence-electron chi connectivity index (χ2n) is 5.60. The van der Waals surface area contributed by atoms with Gasteiger partial charge in [0.05, 0.1) is 9.82 Å². The van der Waals surface area contributed by atoms with Gasteiger partial charge in [-0.25, -0.2) is 8.42 Å². The first kappa shape index (κ1) is 17.7. The van der Waals surface area contributed by atoms with E-state index in [9.17, 15) is 18.5 Å². The van der Waals surface area contributed by atoms with Crippen molar-refractivity contribution in [3.8, 4) is 0 Å². The van der Waals surface area contributed by atoms with Crippen LogP contribution in [0.3, 0.4) is 0 Å². The highest BCUT2D eigenvalue weighted by Crippen LogP contribution is 2.29. The minimum Gasteiger partial charge on any atom is -0.369 e. The number of sulfonamides is 1. The molecule has 0 spiro atoms. The van der Waals surface area contributed by atoms with Crippen molar-refractivity contribution < 1.29 is 13.3 Å². The number of piperazine rings is 1. The summed E-state index contributed by atoms with van der Waals surface area (Å²) in [6.45, 7) is 1.74. The molecular weight excluding hydrogens is 366 g/mol. The zero-order valence-electron chi connectivity index (χ0n) is 13.2. The smallest absolute Gasteiger partial charge is 0.289 e. The highest BCUT2D eigenvalue weighted by atomic mass is 35.5. The Bertz CT molecular complexity index is 882. The van der Waals surface area contributed by atoms with E-state index in [1.165, 1.54) is 16.4 Å². The molecule has 0 N–H and O–H groups in total. The number of benzene rings is 2. The third kappa shape index (κ3) is 3.60. The third-order valence-electron chi connectivity index (χ3n) is 4.11. The second-order valence-corrected chi connectivity index (χ2v) is 7.94. The summed E-state index contributed by atoms with van der Waals surface area (Å²) in [6.07, 6.45) is 0. The average molecular weight is 382 g/mol. The predicted octanol–water partition coefficient (Wildman–Crippen LogP) is 2.76. The van der Waals surface area contributed by atoms with Gasteiger partial charge < -0.3 is 4.90 Å². The zero-order valence-corrected chi connectivity index (χ0v) is 14.8. The molecule has 9 heteroatoms. The Morgan fingerprint density at radius 1 is 1.00 bits per heavy atom. The highest BCUT2D eigenvalue weighted by Gasteiger charge is 2.30. The number of hydrogen-bond donors (Lipinski definition) is 0. The molecule has 1 saturated heterocycles. The van der Waals surface area contributed by atoms with E-state index in [-0.39, 0.29) is 9.92 Å². The molecule has 1 fully saturated rings. The SMILES string of the molecule is O=[N+]([O-])c1cc(S(=O)(=O)N2CCN(c3ccccc3)CC2)ccc1Cl. The lowest BCUT2D eigenvalue weighted by Gasteiger charge is -2.35. The molecule has 0 amide bonds. The molecule has 132 valence electrons. The van der Waals surface area contributed by atoms with Crippen LogP contribution in [-0.4, -0.2) is 43.8 Å². The normalized spacial score (nSPS) is 16.0. The lowest BCUT2D eigenvalue weighted by molar-refractivity contribution is -0.384. The fourth-order valence-corrected chi connectivity index (χ4v) is 4.40. The molecule has 2 aromatic carbocycles. The molecule has 1 aliphatic heterocycles. The van der Waals surface area contributed by atoms with Gasteiger partial charge in [0.25, 0.3) is 5.69 Å². The summed E-state index contributed by atoms with van der Waals surface area (Å²) in [5, 5.41) is 10.9. The van der Waals surface area contributed by atoms with Crippen molar-refractivity contribution in [3.05, 3.63) is 63.7 Å². The quantitative estimate of drug-likeness (QED) is 0.600. The van der Waals surface area contributed by atoms with E-state index >= 15 is 0 Å². The molecule has 2 aromatic rings. The van der Waals surface area contributed by atoms with Gasteiger partial charge >= 0.3 is 0 Å². The van der Waals surface area contributed by atoms with Gasteiger partial charge in [0.2, 0.25) is 10.0 Å². The molecule has 1 heterocycles. The summed E-state index contributed by atoms with van der Waals surface area (Å²) in [6, 6.07) is 13.3. The zero-order chi connectivity index (χ0) is 18.0. The maximum atomic E-state index is 12.8. The van der Waals surface area contributed by atoms with Crippen molar-refractivity contribution >= 4 is 33.0 Å². The predicted molar refractivity (Wildman–Crippen MR) is 95.5 cm³/mol. The van der Waals surface area contributed by atoms with Gasteiger partial charge in [-0.2, -0.15) is 4.31 Å². The van der Waals surface area contributed by atoms with Crippen LogP contribution in [0.5, 0.6) is 0 Å². The Labute approximate surface area is 150 Å². The molecule has 0 aromatic heterocycles. The number of halogens is 1. The highest BCUT2D eigenvalue weighted by molar-refractivity contribution is 7.89. The van der Waals surface area contributed by atoms with Gasteiger partial charge in [-0.3, -0.25) is 10.1 Å². The number of anilines is 1. The van der Waals surface area contributed by atoms with Gasteiger partial charge in [0.1, 0.15) is 5.02 Å². The molecule has 3 rings (SSSR count). The van der Waals surface area contributed by atoms with Crippen molar-refractivity contribution in [3.63, 3.8) is 0 Å². The third-order valence-corrected chi connectivity index (χ3v) is 6.33. The van der Waals surface area contributed by atoms with Crippen LogP contribution in [0.15, 0.2) is 53.4 Å². The first-order valence-electron chi connectivity index (χ1n) is 7.64. The van der Waals surface area contributed by atoms with Crippen LogP contribution in [0.4, 0.5) is 11.4 Å². The molecule has 0 saturated carbocycles. The molecule has 25 heavy (non-hydrogen) atoms. The molecule has 0 radical (unpaired) electrons. The number of hydrogen-bond acceptors (Lipinski definition) is 5. The van der Waals surface area contributed by atoms with Crippen LogP contribution in [0, 0.1) is 10.1 Å². The number of nitro groups is 1. The molecule has 0 aliphatic carbocycles. The van der Waals surface area contributed by atoms with Gasteiger partial charge in [-0.15, -0.1) is 0 Å². The fraction of sp³-hybridized carbons (Fsp3) is 0.250. The van der Waals surface area contributed by atoms with Crippen LogP contribution in [-0.2, 0) is 10.0 Å². The monoisotopic (exact) mass is 381 g/mol. The van der Waals surface area contributed by atoms with E-state index in [0.717, 1.165) is 11.8 Å². The van der Waals surface area contributed by atoms with Gasteiger partial charge in [0, 0.05) is 37.9 Å². The standard InChI is InChI=1S/C16H16ClN3O4S/c17-15-7-6-14(12-16(15)20(21)22)25(23,24)19-10-8-18(9-11-19)13-4-2-1-3-5-13/h1-7,12H,8-11H2. The van der Waals surface area contributed by atoms with Crippen molar-refractivity contribution in [2.24, 2.45) is 0 Å². The summed E-state index contributed by atoms with van der Waals surface area (Å²) in [5.74, 6) is 0. The Kier molecular flexibility index (Phi) is 4.94. The Balaban J connectivity index is 1.78. The van der Waals surface area contributed by atoms with Crippen LogP contribution in [0.1, 0.15) is 0 Å². The largest absolute Gasteiger partial charge is 0.369 e. The van der Waals surface area contributed by atoms with E-state index in [4.69, 9.17) is 11.6 Å². The Hall–Kier alpha value is -2.16. The summed E-state index contributed by atoms with van der Waals surface area (Å²) in [5.41, 5.74) is 0.632. The maximum Gasteiger partial charge on any atom is 0.289 e. The van der Waals surface area contributed by atoms with E-state index in [2.05, 4.69) is 4.90 Å². The fourth-order valence-electron chi connectivity index (χ4n) is 2.77. The molecule has 0 bridgehead atoms. The Morgan fingerprint density at radius 3 is 2.24 bits per heavy atom. The second kappa shape index (κ2) is 6.99. The lowest BCUT2D eigenvalue weighted by Crippen LogP contribution is -2.48. The minimum atomic E-state index is -3.80.